The molecule has 8 nitrogen and oxygen atoms in total. The van der Waals surface area contributed by atoms with Crippen molar-refractivity contribution >= 4 is 29.2 Å². The molecule has 1 aliphatic heterocycles. The Morgan fingerprint density at radius 1 is 1.00 bits per heavy atom. The van der Waals surface area contributed by atoms with Crippen molar-refractivity contribution in [3.05, 3.63) is 65.6 Å². The first-order valence-electron chi connectivity index (χ1n) is 12.0. The van der Waals surface area contributed by atoms with Crippen molar-refractivity contribution in [1.29, 1.82) is 0 Å². The molecular formula is C26H28ClN5O3. The number of rotatable bonds is 7. The predicted molar refractivity (Wildman–Crippen MR) is 133 cm³/mol. The summed E-state index contributed by atoms with van der Waals surface area (Å²) in [5.74, 6) is 1.28. The van der Waals surface area contributed by atoms with E-state index in [1.807, 2.05) is 41.3 Å². The minimum absolute atomic E-state index is 0.0347. The SMILES string of the molecule is O=C(CN(CC1CC1)C(=O)c1ccco1)N1CCCN(c2ccc(-c3ccccc3Cl)nn2)CC1. The van der Waals surface area contributed by atoms with Gasteiger partial charge < -0.3 is 19.1 Å². The molecule has 3 heterocycles. The van der Waals surface area contributed by atoms with Gasteiger partial charge in [0.05, 0.1) is 17.0 Å². The van der Waals surface area contributed by atoms with E-state index in [0.29, 0.717) is 37.1 Å². The van der Waals surface area contributed by atoms with Gasteiger partial charge in [-0.15, -0.1) is 10.2 Å². The summed E-state index contributed by atoms with van der Waals surface area (Å²) < 4.78 is 5.29. The Bertz CT molecular complexity index is 1160. The first-order chi connectivity index (χ1) is 17.1. The van der Waals surface area contributed by atoms with Crippen LogP contribution in [0.2, 0.25) is 5.02 Å². The lowest BCUT2D eigenvalue weighted by Crippen LogP contribution is -2.44. The fourth-order valence-corrected chi connectivity index (χ4v) is 4.59. The highest BCUT2D eigenvalue weighted by molar-refractivity contribution is 6.33. The second-order valence-corrected chi connectivity index (χ2v) is 9.49. The molecule has 1 saturated heterocycles. The van der Waals surface area contributed by atoms with Crippen LogP contribution in [0, 0.1) is 5.92 Å². The molecule has 182 valence electrons. The van der Waals surface area contributed by atoms with Crippen molar-refractivity contribution in [3.63, 3.8) is 0 Å². The average molecular weight is 494 g/mol. The van der Waals surface area contributed by atoms with Crippen LogP contribution < -0.4 is 4.90 Å². The van der Waals surface area contributed by atoms with Gasteiger partial charge in [-0.05, 0) is 55.5 Å². The lowest BCUT2D eigenvalue weighted by atomic mass is 10.1. The van der Waals surface area contributed by atoms with Crippen molar-refractivity contribution in [1.82, 2.24) is 20.0 Å². The monoisotopic (exact) mass is 493 g/mol. The Balaban J connectivity index is 1.20. The van der Waals surface area contributed by atoms with E-state index in [1.165, 1.54) is 6.26 Å². The fraction of sp³-hybridized carbons (Fsp3) is 0.385. The Hall–Kier alpha value is -3.39. The van der Waals surface area contributed by atoms with Crippen LogP contribution >= 0.6 is 11.6 Å². The molecule has 0 radical (unpaired) electrons. The van der Waals surface area contributed by atoms with Crippen LogP contribution in [0.25, 0.3) is 11.3 Å². The van der Waals surface area contributed by atoms with Crippen molar-refractivity contribution in [2.24, 2.45) is 5.92 Å². The molecule has 2 amide bonds. The largest absolute Gasteiger partial charge is 0.459 e. The number of carbonyl (C=O) groups is 2. The maximum absolute atomic E-state index is 13.2. The molecule has 5 rings (SSSR count). The molecule has 2 aliphatic rings. The summed E-state index contributed by atoms with van der Waals surface area (Å²) in [4.78, 5) is 31.7. The summed E-state index contributed by atoms with van der Waals surface area (Å²) in [6.07, 6.45) is 4.50. The smallest absolute Gasteiger partial charge is 0.290 e. The molecule has 0 atom stereocenters. The highest BCUT2D eigenvalue weighted by Gasteiger charge is 2.31. The molecule has 0 N–H and O–H groups in total. The van der Waals surface area contributed by atoms with Crippen molar-refractivity contribution in [2.75, 3.05) is 44.2 Å². The van der Waals surface area contributed by atoms with Gasteiger partial charge in [0, 0.05) is 38.3 Å². The number of carbonyl (C=O) groups excluding carboxylic acids is 2. The third-order valence-electron chi connectivity index (χ3n) is 6.49. The normalized spacial score (nSPS) is 16.1. The zero-order chi connectivity index (χ0) is 24.2. The minimum atomic E-state index is -0.222. The number of benzene rings is 1. The second kappa shape index (κ2) is 10.5. The summed E-state index contributed by atoms with van der Waals surface area (Å²) in [7, 11) is 0. The van der Waals surface area contributed by atoms with Crippen LogP contribution in [-0.4, -0.2) is 71.1 Å². The maximum atomic E-state index is 13.2. The Labute approximate surface area is 209 Å². The van der Waals surface area contributed by atoms with Gasteiger partial charge in [0.15, 0.2) is 11.6 Å². The van der Waals surface area contributed by atoms with E-state index in [1.54, 1.807) is 17.0 Å². The van der Waals surface area contributed by atoms with Crippen molar-refractivity contribution in [3.8, 4) is 11.3 Å². The summed E-state index contributed by atoms with van der Waals surface area (Å²) in [6, 6.07) is 14.8. The van der Waals surface area contributed by atoms with Crippen molar-refractivity contribution < 1.29 is 14.0 Å². The van der Waals surface area contributed by atoms with Crippen LogP contribution in [0.5, 0.6) is 0 Å². The third-order valence-corrected chi connectivity index (χ3v) is 6.82. The van der Waals surface area contributed by atoms with Crippen LogP contribution in [0.3, 0.4) is 0 Å². The van der Waals surface area contributed by atoms with Gasteiger partial charge in [0.2, 0.25) is 5.91 Å². The Kier molecular flexibility index (Phi) is 6.99. The molecular weight excluding hydrogens is 466 g/mol. The summed E-state index contributed by atoms with van der Waals surface area (Å²) >= 11 is 6.28. The molecule has 35 heavy (non-hydrogen) atoms. The highest BCUT2D eigenvalue weighted by Crippen LogP contribution is 2.30. The number of halogens is 1. The zero-order valence-electron chi connectivity index (χ0n) is 19.5. The summed E-state index contributed by atoms with van der Waals surface area (Å²) in [5, 5.41) is 9.44. The van der Waals surface area contributed by atoms with E-state index in [0.717, 1.165) is 42.9 Å². The summed E-state index contributed by atoms with van der Waals surface area (Å²) in [6.45, 7) is 3.31. The molecule has 2 fully saturated rings. The van der Waals surface area contributed by atoms with Gasteiger partial charge >= 0.3 is 0 Å². The van der Waals surface area contributed by atoms with E-state index in [9.17, 15) is 9.59 Å². The van der Waals surface area contributed by atoms with Crippen LogP contribution in [0.4, 0.5) is 5.82 Å². The third kappa shape index (κ3) is 5.65. The standard InChI is InChI=1S/C26H28ClN5O3/c27-21-6-2-1-5-20(21)22-10-11-24(29-28-22)30-12-4-13-31(15-14-30)25(33)18-32(17-19-8-9-19)26(34)23-7-3-16-35-23/h1-3,5-7,10-11,16,19H,4,8-9,12-15,17-18H2. The molecule has 3 aromatic rings. The number of aromatic nitrogens is 2. The zero-order valence-corrected chi connectivity index (χ0v) is 20.2. The van der Waals surface area contributed by atoms with Gasteiger partial charge in [-0.3, -0.25) is 9.59 Å². The minimum Gasteiger partial charge on any atom is -0.459 e. The first kappa shape index (κ1) is 23.4. The van der Waals surface area contributed by atoms with Gasteiger partial charge in [0.25, 0.3) is 5.91 Å². The van der Waals surface area contributed by atoms with Gasteiger partial charge in [0.1, 0.15) is 6.54 Å². The van der Waals surface area contributed by atoms with Gasteiger partial charge in [-0.25, -0.2) is 0 Å². The van der Waals surface area contributed by atoms with E-state index in [-0.39, 0.29) is 24.1 Å². The predicted octanol–water partition coefficient (Wildman–Crippen LogP) is 3.98. The van der Waals surface area contributed by atoms with E-state index >= 15 is 0 Å². The molecule has 0 spiro atoms. The number of amides is 2. The first-order valence-corrected chi connectivity index (χ1v) is 12.4. The lowest BCUT2D eigenvalue weighted by molar-refractivity contribution is -0.131. The molecule has 0 unspecified atom stereocenters. The van der Waals surface area contributed by atoms with E-state index in [2.05, 4.69) is 15.1 Å². The maximum Gasteiger partial charge on any atom is 0.290 e. The van der Waals surface area contributed by atoms with Crippen LogP contribution in [0.15, 0.2) is 59.2 Å². The second-order valence-electron chi connectivity index (χ2n) is 9.08. The fourth-order valence-electron chi connectivity index (χ4n) is 4.35. The van der Waals surface area contributed by atoms with E-state index in [4.69, 9.17) is 16.0 Å². The van der Waals surface area contributed by atoms with Gasteiger partial charge in [-0.1, -0.05) is 29.8 Å². The topological polar surface area (TPSA) is 82.8 Å². The average Bonchev–Trinajstić information content (AvgIpc) is 3.59. The molecule has 2 aromatic heterocycles. The number of nitrogens with zero attached hydrogens (tertiary/aromatic N) is 5. The van der Waals surface area contributed by atoms with E-state index < -0.39 is 0 Å². The van der Waals surface area contributed by atoms with Crippen LogP contribution in [0.1, 0.15) is 29.8 Å². The Morgan fingerprint density at radius 3 is 2.57 bits per heavy atom. The number of anilines is 1. The molecule has 0 bridgehead atoms. The molecule has 1 aliphatic carbocycles. The lowest BCUT2D eigenvalue weighted by Gasteiger charge is -2.26. The molecule has 9 heteroatoms. The van der Waals surface area contributed by atoms with Crippen LogP contribution in [-0.2, 0) is 4.79 Å². The number of hydrogen-bond donors (Lipinski definition) is 0. The molecule has 1 saturated carbocycles. The Morgan fingerprint density at radius 2 is 1.86 bits per heavy atom. The quantitative estimate of drug-likeness (QED) is 0.495. The summed E-state index contributed by atoms with van der Waals surface area (Å²) in [5.41, 5.74) is 1.57. The molecule has 1 aromatic carbocycles. The highest BCUT2D eigenvalue weighted by atomic mass is 35.5. The number of hydrogen-bond acceptors (Lipinski definition) is 6. The number of furan rings is 1. The van der Waals surface area contributed by atoms with Gasteiger partial charge in [-0.2, -0.15) is 0 Å². The van der Waals surface area contributed by atoms with Crippen molar-refractivity contribution in [2.45, 2.75) is 19.3 Å².